The van der Waals surface area contributed by atoms with Crippen LogP contribution in [0.5, 0.6) is 0 Å². The van der Waals surface area contributed by atoms with E-state index in [-0.39, 0.29) is 17.4 Å². The standard InChI is InChI=1S/C18H17N5O/c19-8-12-5-6-16(20-9-12)23-17(24)15-7-18(11-22-15)10-21-14-4-2-1-3-13(14)18/h1-6,9,15,21-22H,7,10-11H2,(H,20,23,24). The third kappa shape index (κ3) is 2.39. The molecular formula is C18H17N5O. The van der Waals surface area contributed by atoms with Gasteiger partial charge in [-0.3, -0.25) is 4.79 Å². The van der Waals surface area contributed by atoms with Crippen molar-refractivity contribution in [2.24, 2.45) is 0 Å². The Morgan fingerprint density at radius 1 is 1.29 bits per heavy atom. The number of pyridine rings is 1. The van der Waals surface area contributed by atoms with Crippen molar-refractivity contribution in [1.82, 2.24) is 10.3 Å². The predicted molar refractivity (Wildman–Crippen MR) is 90.6 cm³/mol. The van der Waals surface area contributed by atoms with Gasteiger partial charge in [0.25, 0.3) is 0 Å². The number of anilines is 2. The third-order valence-electron chi connectivity index (χ3n) is 4.86. The van der Waals surface area contributed by atoms with Gasteiger partial charge >= 0.3 is 0 Å². The fourth-order valence-corrected chi connectivity index (χ4v) is 3.59. The van der Waals surface area contributed by atoms with Crippen LogP contribution in [0.1, 0.15) is 17.5 Å². The zero-order chi connectivity index (χ0) is 16.6. The van der Waals surface area contributed by atoms with E-state index < -0.39 is 0 Å². The molecule has 1 aromatic carbocycles. The molecule has 0 saturated carbocycles. The number of nitrogens with one attached hydrogen (secondary N) is 3. The monoisotopic (exact) mass is 319 g/mol. The first-order valence-electron chi connectivity index (χ1n) is 7.94. The van der Waals surface area contributed by atoms with Crippen molar-refractivity contribution in [3.63, 3.8) is 0 Å². The molecule has 1 spiro atoms. The summed E-state index contributed by atoms with van der Waals surface area (Å²) in [6, 6.07) is 13.3. The van der Waals surface area contributed by atoms with Crippen LogP contribution in [0.2, 0.25) is 0 Å². The summed E-state index contributed by atoms with van der Waals surface area (Å²) in [5.74, 6) is 0.375. The second-order valence-corrected chi connectivity index (χ2v) is 6.35. The third-order valence-corrected chi connectivity index (χ3v) is 4.86. The van der Waals surface area contributed by atoms with Crippen LogP contribution >= 0.6 is 0 Å². The normalized spacial score (nSPS) is 24.2. The van der Waals surface area contributed by atoms with Gasteiger partial charge in [-0.1, -0.05) is 18.2 Å². The maximum atomic E-state index is 12.5. The maximum Gasteiger partial charge on any atom is 0.242 e. The molecule has 2 unspecified atom stereocenters. The minimum Gasteiger partial charge on any atom is -0.384 e. The number of nitriles is 1. The smallest absolute Gasteiger partial charge is 0.242 e. The number of amides is 1. The highest BCUT2D eigenvalue weighted by Crippen LogP contribution is 2.42. The van der Waals surface area contributed by atoms with Gasteiger partial charge in [-0.05, 0) is 30.2 Å². The van der Waals surface area contributed by atoms with E-state index in [2.05, 4.69) is 33.1 Å². The Bertz CT molecular complexity index is 826. The second kappa shape index (κ2) is 5.62. The predicted octanol–water partition coefficient (Wildman–Crippen LogP) is 1.62. The van der Waals surface area contributed by atoms with Gasteiger partial charge in [0.05, 0.1) is 11.6 Å². The molecule has 2 aromatic rings. The van der Waals surface area contributed by atoms with Gasteiger partial charge in [0.2, 0.25) is 5.91 Å². The molecule has 3 heterocycles. The first kappa shape index (κ1) is 14.7. The molecule has 120 valence electrons. The van der Waals surface area contributed by atoms with Crippen molar-refractivity contribution in [2.75, 3.05) is 23.7 Å². The molecule has 2 aliphatic heterocycles. The molecule has 24 heavy (non-hydrogen) atoms. The average molecular weight is 319 g/mol. The number of hydrogen-bond acceptors (Lipinski definition) is 5. The summed E-state index contributed by atoms with van der Waals surface area (Å²) in [7, 11) is 0. The van der Waals surface area contributed by atoms with Gasteiger partial charge in [0.1, 0.15) is 11.9 Å². The lowest BCUT2D eigenvalue weighted by Crippen LogP contribution is -2.35. The Kier molecular flexibility index (Phi) is 3.44. The topological polar surface area (TPSA) is 89.8 Å². The number of nitrogens with zero attached hydrogens (tertiary/aromatic N) is 2. The average Bonchev–Trinajstić information content (AvgIpc) is 3.22. The zero-order valence-electron chi connectivity index (χ0n) is 13.0. The maximum absolute atomic E-state index is 12.5. The number of para-hydroxylation sites is 1. The van der Waals surface area contributed by atoms with Crippen LogP contribution in [0.4, 0.5) is 11.5 Å². The van der Waals surface area contributed by atoms with E-state index in [1.165, 1.54) is 11.8 Å². The van der Waals surface area contributed by atoms with Gasteiger partial charge < -0.3 is 16.0 Å². The Morgan fingerprint density at radius 2 is 2.17 bits per heavy atom. The van der Waals surface area contributed by atoms with Gasteiger partial charge in [-0.25, -0.2) is 4.98 Å². The largest absolute Gasteiger partial charge is 0.384 e. The van der Waals surface area contributed by atoms with Crippen LogP contribution in [0, 0.1) is 11.3 Å². The molecule has 0 radical (unpaired) electrons. The van der Waals surface area contributed by atoms with Crippen molar-refractivity contribution in [3.05, 3.63) is 53.7 Å². The quantitative estimate of drug-likeness (QED) is 0.782. The molecule has 3 N–H and O–H groups in total. The van der Waals surface area contributed by atoms with Gasteiger partial charge in [0, 0.05) is 30.4 Å². The van der Waals surface area contributed by atoms with Crippen molar-refractivity contribution in [1.29, 1.82) is 5.26 Å². The van der Waals surface area contributed by atoms with Crippen molar-refractivity contribution in [3.8, 4) is 6.07 Å². The molecule has 1 saturated heterocycles. The lowest BCUT2D eigenvalue weighted by atomic mass is 9.80. The van der Waals surface area contributed by atoms with Crippen molar-refractivity contribution < 1.29 is 4.79 Å². The van der Waals surface area contributed by atoms with E-state index in [4.69, 9.17) is 5.26 Å². The number of hydrogen-bond donors (Lipinski definition) is 3. The molecule has 1 aromatic heterocycles. The van der Waals surface area contributed by atoms with E-state index in [0.29, 0.717) is 11.4 Å². The van der Waals surface area contributed by atoms with Crippen LogP contribution in [0.25, 0.3) is 0 Å². The first-order valence-corrected chi connectivity index (χ1v) is 7.94. The van der Waals surface area contributed by atoms with E-state index in [0.717, 1.165) is 25.2 Å². The lowest BCUT2D eigenvalue weighted by Gasteiger charge is -2.22. The summed E-state index contributed by atoms with van der Waals surface area (Å²) in [5.41, 5.74) is 2.88. The van der Waals surface area contributed by atoms with Gasteiger partial charge in [-0.2, -0.15) is 5.26 Å². The highest BCUT2D eigenvalue weighted by Gasteiger charge is 2.46. The van der Waals surface area contributed by atoms with E-state index in [9.17, 15) is 4.79 Å². The number of benzene rings is 1. The molecule has 4 rings (SSSR count). The van der Waals surface area contributed by atoms with Crippen LogP contribution in [0.3, 0.4) is 0 Å². The fraction of sp³-hybridized carbons (Fsp3) is 0.278. The highest BCUT2D eigenvalue weighted by molar-refractivity contribution is 5.94. The molecule has 0 bridgehead atoms. The van der Waals surface area contributed by atoms with Crippen LogP contribution < -0.4 is 16.0 Å². The zero-order valence-corrected chi connectivity index (χ0v) is 13.0. The minimum absolute atomic E-state index is 0.0311. The molecule has 6 heteroatoms. The molecule has 6 nitrogen and oxygen atoms in total. The summed E-state index contributed by atoms with van der Waals surface area (Å²) in [6.07, 6.45) is 2.20. The molecular weight excluding hydrogens is 302 g/mol. The number of carbonyl (C=O) groups excluding carboxylic acids is 1. The molecule has 2 atom stereocenters. The van der Waals surface area contributed by atoms with Crippen LogP contribution in [0.15, 0.2) is 42.6 Å². The van der Waals surface area contributed by atoms with Crippen molar-refractivity contribution >= 4 is 17.4 Å². The first-order chi connectivity index (χ1) is 11.7. The van der Waals surface area contributed by atoms with E-state index >= 15 is 0 Å². The van der Waals surface area contributed by atoms with E-state index in [1.807, 2.05) is 18.2 Å². The number of fused-ring (bicyclic) bond motifs is 2. The Morgan fingerprint density at radius 3 is 2.96 bits per heavy atom. The lowest BCUT2D eigenvalue weighted by molar-refractivity contribution is -0.117. The molecule has 2 aliphatic rings. The molecule has 1 amide bonds. The fourth-order valence-electron chi connectivity index (χ4n) is 3.59. The molecule has 1 fully saturated rings. The second-order valence-electron chi connectivity index (χ2n) is 6.35. The SMILES string of the molecule is N#Cc1ccc(NC(=O)C2CC3(CNc4ccccc43)CN2)nc1. The van der Waals surface area contributed by atoms with Crippen LogP contribution in [-0.2, 0) is 10.2 Å². The Hall–Kier alpha value is -2.91. The summed E-state index contributed by atoms with van der Waals surface area (Å²) in [5, 5.41) is 18.4. The summed E-state index contributed by atoms with van der Waals surface area (Å²) in [6.45, 7) is 1.62. The van der Waals surface area contributed by atoms with Crippen molar-refractivity contribution in [2.45, 2.75) is 17.9 Å². The Labute approximate surface area is 139 Å². The highest BCUT2D eigenvalue weighted by atomic mass is 16.2. The Balaban J connectivity index is 1.47. The number of aromatic nitrogens is 1. The van der Waals surface area contributed by atoms with E-state index in [1.54, 1.807) is 12.1 Å². The summed E-state index contributed by atoms with van der Waals surface area (Å²) in [4.78, 5) is 16.6. The van der Waals surface area contributed by atoms with Gasteiger partial charge in [0.15, 0.2) is 0 Å². The van der Waals surface area contributed by atoms with Gasteiger partial charge in [-0.15, -0.1) is 0 Å². The summed E-state index contributed by atoms with van der Waals surface area (Å²) >= 11 is 0. The summed E-state index contributed by atoms with van der Waals surface area (Å²) < 4.78 is 0. The molecule has 0 aliphatic carbocycles. The minimum atomic E-state index is -0.254. The number of carbonyl (C=O) groups is 1. The number of rotatable bonds is 2. The van der Waals surface area contributed by atoms with Crippen LogP contribution in [-0.4, -0.2) is 30.0 Å².